The molecule has 0 aromatic heterocycles. The van der Waals surface area contributed by atoms with Crippen molar-refractivity contribution >= 4 is 0 Å². The summed E-state index contributed by atoms with van der Waals surface area (Å²) in [6, 6.07) is 8.21. The Morgan fingerprint density at radius 1 is 1.29 bits per heavy atom. The van der Waals surface area contributed by atoms with Gasteiger partial charge in [-0.3, -0.25) is 0 Å². The van der Waals surface area contributed by atoms with Crippen molar-refractivity contribution < 1.29 is 14.2 Å². The number of rotatable bonds is 5. The standard InChI is InChI=1S/C14H20O3/c1-2-12-5-3-6-13(11-12)15-10-7-14-16-8-4-9-17-14/h3,5-6,11,14H,2,4,7-10H2,1H3. The average molecular weight is 236 g/mol. The topological polar surface area (TPSA) is 27.7 Å². The van der Waals surface area contributed by atoms with Gasteiger partial charge in [0.25, 0.3) is 0 Å². The summed E-state index contributed by atoms with van der Waals surface area (Å²) in [5, 5.41) is 0. The van der Waals surface area contributed by atoms with E-state index in [1.165, 1.54) is 5.56 Å². The Balaban J connectivity index is 1.73. The highest BCUT2D eigenvalue weighted by molar-refractivity contribution is 5.28. The molecule has 0 spiro atoms. The number of benzene rings is 1. The minimum Gasteiger partial charge on any atom is -0.493 e. The fraction of sp³-hybridized carbons (Fsp3) is 0.571. The molecule has 2 rings (SSSR count). The van der Waals surface area contributed by atoms with Crippen molar-refractivity contribution in [2.45, 2.75) is 32.5 Å². The number of ether oxygens (including phenoxy) is 3. The third-order valence-electron chi connectivity index (χ3n) is 2.83. The molecule has 0 atom stereocenters. The SMILES string of the molecule is CCc1cccc(OCCC2OCCCO2)c1. The Labute approximate surface area is 103 Å². The molecule has 1 aliphatic heterocycles. The van der Waals surface area contributed by atoms with Crippen LogP contribution in [0, 0.1) is 0 Å². The zero-order valence-corrected chi connectivity index (χ0v) is 10.4. The summed E-state index contributed by atoms with van der Waals surface area (Å²) in [6.07, 6.45) is 2.73. The maximum atomic E-state index is 5.69. The Bertz CT molecular complexity index is 332. The molecule has 0 unspecified atom stereocenters. The van der Waals surface area contributed by atoms with Gasteiger partial charge < -0.3 is 14.2 Å². The molecule has 17 heavy (non-hydrogen) atoms. The number of aryl methyl sites for hydroxylation is 1. The van der Waals surface area contributed by atoms with Gasteiger partial charge in [0.2, 0.25) is 0 Å². The van der Waals surface area contributed by atoms with Crippen LogP contribution in [0.2, 0.25) is 0 Å². The van der Waals surface area contributed by atoms with Gasteiger partial charge in [-0.1, -0.05) is 19.1 Å². The molecular formula is C14H20O3. The molecule has 1 aliphatic rings. The van der Waals surface area contributed by atoms with Gasteiger partial charge in [0.15, 0.2) is 6.29 Å². The molecule has 0 aliphatic carbocycles. The van der Waals surface area contributed by atoms with Crippen molar-refractivity contribution in [1.29, 1.82) is 0 Å². The highest BCUT2D eigenvalue weighted by Gasteiger charge is 2.13. The normalized spacial score (nSPS) is 17.0. The summed E-state index contributed by atoms with van der Waals surface area (Å²) in [5.74, 6) is 0.931. The second kappa shape index (κ2) is 6.62. The molecule has 3 nitrogen and oxygen atoms in total. The molecule has 0 N–H and O–H groups in total. The van der Waals surface area contributed by atoms with E-state index in [1.54, 1.807) is 0 Å². The molecule has 1 fully saturated rings. The van der Waals surface area contributed by atoms with E-state index in [2.05, 4.69) is 19.1 Å². The van der Waals surface area contributed by atoms with E-state index in [0.29, 0.717) is 6.61 Å². The predicted octanol–water partition coefficient (Wildman–Crippen LogP) is 2.78. The van der Waals surface area contributed by atoms with Crippen LogP contribution in [0.4, 0.5) is 0 Å². The second-order valence-electron chi connectivity index (χ2n) is 4.16. The Kier molecular flexibility index (Phi) is 4.83. The zero-order chi connectivity index (χ0) is 11.9. The van der Waals surface area contributed by atoms with Crippen molar-refractivity contribution in [2.24, 2.45) is 0 Å². The zero-order valence-electron chi connectivity index (χ0n) is 10.4. The van der Waals surface area contributed by atoms with Crippen LogP contribution in [-0.4, -0.2) is 26.1 Å². The highest BCUT2D eigenvalue weighted by Crippen LogP contribution is 2.15. The summed E-state index contributed by atoms with van der Waals surface area (Å²) in [7, 11) is 0. The quantitative estimate of drug-likeness (QED) is 0.786. The first kappa shape index (κ1) is 12.4. The highest BCUT2D eigenvalue weighted by atomic mass is 16.7. The lowest BCUT2D eigenvalue weighted by Crippen LogP contribution is -2.26. The number of hydrogen-bond donors (Lipinski definition) is 0. The van der Waals surface area contributed by atoms with Crippen LogP contribution in [0.3, 0.4) is 0 Å². The molecular weight excluding hydrogens is 216 g/mol. The van der Waals surface area contributed by atoms with Gasteiger partial charge >= 0.3 is 0 Å². The molecule has 0 saturated carbocycles. The van der Waals surface area contributed by atoms with Crippen molar-refractivity contribution in [3.8, 4) is 5.75 Å². The van der Waals surface area contributed by atoms with Gasteiger partial charge in [0.05, 0.1) is 19.8 Å². The fourth-order valence-electron chi connectivity index (χ4n) is 1.83. The van der Waals surface area contributed by atoms with Crippen molar-refractivity contribution in [3.63, 3.8) is 0 Å². The van der Waals surface area contributed by atoms with Crippen LogP contribution in [0.15, 0.2) is 24.3 Å². The van der Waals surface area contributed by atoms with E-state index in [0.717, 1.165) is 38.2 Å². The lowest BCUT2D eigenvalue weighted by atomic mass is 10.2. The maximum absolute atomic E-state index is 5.69. The Hall–Kier alpha value is -1.06. The molecule has 94 valence electrons. The molecule has 1 heterocycles. The van der Waals surface area contributed by atoms with Crippen LogP contribution < -0.4 is 4.74 Å². The molecule has 1 aromatic carbocycles. The smallest absolute Gasteiger partial charge is 0.160 e. The summed E-state index contributed by atoms with van der Waals surface area (Å²) in [5.41, 5.74) is 1.30. The first-order valence-corrected chi connectivity index (χ1v) is 6.33. The van der Waals surface area contributed by atoms with Gasteiger partial charge in [-0.15, -0.1) is 0 Å². The first-order chi connectivity index (χ1) is 8.38. The van der Waals surface area contributed by atoms with E-state index in [-0.39, 0.29) is 6.29 Å². The summed E-state index contributed by atoms with van der Waals surface area (Å²) < 4.78 is 16.6. The van der Waals surface area contributed by atoms with Crippen molar-refractivity contribution in [3.05, 3.63) is 29.8 Å². The van der Waals surface area contributed by atoms with Crippen LogP contribution in [-0.2, 0) is 15.9 Å². The third kappa shape index (κ3) is 4.02. The molecule has 0 amide bonds. The summed E-state index contributed by atoms with van der Waals surface area (Å²) in [6.45, 7) is 4.38. The summed E-state index contributed by atoms with van der Waals surface area (Å²) >= 11 is 0. The molecule has 0 bridgehead atoms. The minimum absolute atomic E-state index is 0.0851. The second-order valence-corrected chi connectivity index (χ2v) is 4.16. The van der Waals surface area contributed by atoms with Gasteiger partial charge in [0.1, 0.15) is 5.75 Å². The van der Waals surface area contributed by atoms with E-state index < -0.39 is 0 Å². The summed E-state index contributed by atoms with van der Waals surface area (Å²) in [4.78, 5) is 0. The van der Waals surface area contributed by atoms with E-state index in [4.69, 9.17) is 14.2 Å². The lowest BCUT2D eigenvalue weighted by Gasteiger charge is -2.23. The van der Waals surface area contributed by atoms with Gasteiger partial charge in [-0.25, -0.2) is 0 Å². The van der Waals surface area contributed by atoms with Crippen LogP contribution in [0.5, 0.6) is 5.75 Å². The lowest BCUT2D eigenvalue weighted by molar-refractivity contribution is -0.183. The fourth-order valence-corrected chi connectivity index (χ4v) is 1.83. The average Bonchev–Trinajstić information content (AvgIpc) is 2.40. The van der Waals surface area contributed by atoms with Gasteiger partial charge in [-0.05, 0) is 30.5 Å². The van der Waals surface area contributed by atoms with Crippen molar-refractivity contribution in [2.75, 3.05) is 19.8 Å². The van der Waals surface area contributed by atoms with Crippen LogP contribution >= 0.6 is 0 Å². The Morgan fingerprint density at radius 3 is 2.88 bits per heavy atom. The molecule has 1 saturated heterocycles. The minimum atomic E-state index is -0.0851. The molecule has 0 radical (unpaired) electrons. The van der Waals surface area contributed by atoms with Crippen molar-refractivity contribution in [1.82, 2.24) is 0 Å². The van der Waals surface area contributed by atoms with Gasteiger partial charge in [0, 0.05) is 6.42 Å². The van der Waals surface area contributed by atoms with Crippen LogP contribution in [0.25, 0.3) is 0 Å². The monoisotopic (exact) mass is 236 g/mol. The van der Waals surface area contributed by atoms with Crippen LogP contribution in [0.1, 0.15) is 25.3 Å². The maximum Gasteiger partial charge on any atom is 0.160 e. The first-order valence-electron chi connectivity index (χ1n) is 6.33. The molecule has 3 heteroatoms. The van der Waals surface area contributed by atoms with E-state index in [9.17, 15) is 0 Å². The molecule has 1 aromatic rings. The van der Waals surface area contributed by atoms with E-state index in [1.807, 2.05) is 12.1 Å². The number of hydrogen-bond acceptors (Lipinski definition) is 3. The third-order valence-corrected chi connectivity index (χ3v) is 2.83. The predicted molar refractivity (Wildman–Crippen MR) is 66.2 cm³/mol. The van der Waals surface area contributed by atoms with Gasteiger partial charge in [-0.2, -0.15) is 0 Å². The largest absolute Gasteiger partial charge is 0.493 e. The van der Waals surface area contributed by atoms with E-state index >= 15 is 0 Å². The Morgan fingerprint density at radius 2 is 2.12 bits per heavy atom.